The van der Waals surface area contributed by atoms with Crippen LogP contribution in [0.2, 0.25) is 0 Å². The van der Waals surface area contributed by atoms with Crippen LogP contribution >= 0.6 is 0 Å². The van der Waals surface area contributed by atoms with Gasteiger partial charge in [-0.2, -0.15) is 0 Å². The maximum Gasteiger partial charge on any atom is 0.305 e. The maximum absolute atomic E-state index is 11.2. The third kappa shape index (κ3) is 5.51. The van der Waals surface area contributed by atoms with E-state index in [4.69, 9.17) is 14.2 Å². The van der Waals surface area contributed by atoms with Crippen LogP contribution in [-0.4, -0.2) is 18.2 Å². The summed E-state index contributed by atoms with van der Waals surface area (Å²) in [6, 6.07) is 5.58. The molecule has 0 amide bonds. The first-order valence-corrected chi connectivity index (χ1v) is 7.04. The Morgan fingerprint density at radius 1 is 1.10 bits per heavy atom. The van der Waals surface area contributed by atoms with Gasteiger partial charge in [0.25, 0.3) is 0 Å². The lowest BCUT2D eigenvalue weighted by Crippen LogP contribution is -2.11. The van der Waals surface area contributed by atoms with E-state index in [0.717, 1.165) is 11.3 Å². The normalized spacial score (nSPS) is 10.8. The van der Waals surface area contributed by atoms with Gasteiger partial charge in [0.1, 0.15) is 18.1 Å². The lowest BCUT2D eigenvalue weighted by molar-refractivity contribution is -0.144. The van der Waals surface area contributed by atoms with Crippen molar-refractivity contribution in [3.8, 4) is 11.5 Å². The molecule has 0 bridgehead atoms. The molecule has 0 unspecified atom stereocenters. The lowest BCUT2D eigenvalue weighted by atomic mass is 10.2. The van der Waals surface area contributed by atoms with Crippen molar-refractivity contribution in [2.45, 2.75) is 59.9 Å². The van der Waals surface area contributed by atoms with E-state index in [1.54, 1.807) is 6.92 Å². The maximum atomic E-state index is 11.2. The molecular weight excluding hydrogens is 256 g/mol. The van der Waals surface area contributed by atoms with E-state index in [-0.39, 0.29) is 24.8 Å². The summed E-state index contributed by atoms with van der Waals surface area (Å²) >= 11 is 0. The first-order chi connectivity index (χ1) is 9.42. The van der Waals surface area contributed by atoms with Crippen LogP contribution in [0.4, 0.5) is 0 Å². The summed E-state index contributed by atoms with van der Waals surface area (Å²) in [6.07, 6.45) is 0.519. The Hall–Kier alpha value is -1.71. The SMILES string of the molecule is CCC(=O)OCc1ccc(OC(C)C)cc1OC(C)C. The molecule has 4 heteroatoms. The monoisotopic (exact) mass is 280 g/mol. The highest BCUT2D eigenvalue weighted by molar-refractivity contribution is 5.68. The second-order valence-corrected chi connectivity index (χ2v) is 5.12. The average Bonchev–Trinajstić information content (AvgIpc) is 2.36. The molecule has 1 rings (SSSR count). The van der Waals surface area contributed by atoms with Crippen LogP contribution in [-0.2, 0) is 16.1 Å². The molecule has 112 valence electrons. The van der Waals surface area contributed by atoms with Gasteiger partial charge in [0.2, 0.25) is 0 Å². The fourth-order valence-electron chi connectivity index (χ4n) is 1.62. The number of ether oxygens (including phenoxy) is 3. The van der Waals surface area contributed by atoms with Crippen molar-refractivity contribution in [2.24, 2.45) is 0 Å². The molecular formula is C16H24O4. The van der Waals surface area contributed by atoms with Crippen LogP contribution in [0.5, 0.6) is 11.5 Å². The lowest BCUT2D eigenvalue weighted by Gasteiger charge is -2.17. The van der Waals surface area contributed by atoms with E-state index in [1.165, 1.54) is 0 Å². The molecule has 20 heavy (non-hydrogen) atoms. The number of hydrogen-bond donors (Lipinski definition) is 0. The van der Waals surface area contributed by atoms with Crippen molar-refractivity contribution < 1.29 is 19.0 Å². The van der Waals surface area contributed by atoms with Crippen LogP contribution in [0.15, 0.2) is 18.2 Å². The second kappa shape index (κ2) is 7.78. The highest BCUT2D eigenvalue weighted by Crippen LogP contribution is 2.27. The van der Waals surface area contributed by atoms with Gasteiger partial charge < -0.3 is 14.2 Å². The van der Waals surface area contributed by atoms with E-state index < -0.39 is 0 Å². The molecule has 0 atom stereocenters. The molecule has 0 spiro atoms. The van der Waals surface area contributed by atoms with Gasteiger partial charge in [-0.1, -0.05) is 6.92 Å². The molecule has 0 fully saturated rings. The molecule has 0 aromatic heterocycles. The van der Waals surface area contributed by atoms with Gasteiger partial charge in [-0.3, -0.25) is 4.79 Å². The first kappa shape index (κ1) is 16.3. The van der Waals surface area contributed by atoms with Crippen molar-refractivity contribution >= 4 is 5.97 Å². The summed E-state index contributed by atoms with van der Waals surface area (Å²) in [7, 11) is 0. The minimum atomic E-state index is -0.219. The zero-order valence-corrected chi connectivity index (χ0v) is 12.9. The second-order valence-electron chi connectivity index (χ2n) is 5.12. The quantitative estimate of drug-likeness (QED) is 0.714. The average molecular weight is 280 g/mol. The Morgan fingerprint density at radius 2 is 1.75 bits per heavy atom. The summed E-state index contributed by atoms with van der Waals surface area (Å²) in [6.45, 7) is 9.85. The van der Waals surface area contributed by atoms with Crippen molar-refractivity contribution in [1.29, 1.82) is 0 Å². The number of hydrogen-bond acceptors (Lipinski definition) is 4. The van der Waals surface area contributed by atoms with Gasteiger partial charge in [0.05, 0.1) is 12.2 Å². The number of carbonyl (C=O) groups excluding carboxylic acids is 1. The summed E-state index contributed by atoms with van der Waals surface area (Å²) in [4.78, 5) is 11.2. The van der Waals surface area contributed by atoms with Gasteiger partial charge in [-0.05, 0) is 39.8 Å². The van der Waals surface area contributed by atoms with Gasteiger partial charge in [0, 0.05) is 18.1 Å². The molecule has 0 saturated carbocycles. The molecule has 4 nitrogen and oxygen atoms in total. The van der Waals surface area contributed by atoms with Gasteiger partial charge in [-0.25, -0.2) is 0 Å². The van der Waals surface area contributed by atoms with Crippen LogP contribution in [0.3, 0.4) is 0 Å². The van der Waals surface area contributed by atoms with Gasteiger partial charge in [-0.15, -0.1) is 0 Å². The van der Waals surface area contributed by atoms with Crippen molar-refractivity contribution in [1.82, 2.24) is 0 Å². The third-order valence-electron chi connectivity index (χ3n) is 2.45. The summed E-state index contributed by atoms with van der Waals surface area (Å²) in [5.41, 5.74) is 0.844. The smallest absolute Gasteiger partial charge is 0.305 e. The first-order valence-electron chi connectivity index (χ1n) is 7.04. The molecule has 0 radical (unpaired) electrons. The van der Waals surface area contributed by atoms with Crippen molar-refractivity contribution in [3.05, 3.63) is 23.8 Å². The van der Waals surface area contributed by atoms with Crippen LogP contribution < -0.4 is 9.47 Å². The topological polar surface area (TPSA) is 44.8 Å². The molecule has 0 aliphatic heterocycles. The van der Waals surface area contributed by atoms with E-state index in [1.807, 2.05) is 45.9 Å². The number of rotatable bonds is 7. The van der Waals surface area contributed by atoms with E-state index in [2.05, 4.69) is 0 Å². The zero-order valence-electron chi connectivity index (χ0n) is 12.9. The predicted molar refractivity (Wildman–Crippen MR) is 78.1 cm³/mol. The van der Waals surface area contributed by atoms with Crippen LogP contribution in [0, 0.1) is 0 Å². The van der Waals surface area contributed by atoms with Gasteiger partial charge in [0.15, 0.2) is 0 Å². The Bertz CT molecular complexity index is 438. The summed E-state index contributed by atoms with van der Waals surface area (Å²) in [5, 5.41) is 0. The Balaban J connectivity index is 2.88. The molecule has 0 heterocycles. The predicted octanol–water partition coefficient (Wildman–Crippen LogP) is 3.71. The van der Waals surface area contributed by atoms with Gasteiger partial charge >= 0.3 is 5.97 Å². The molecule has 1 aromatic rings. The Kier molecular flexibility index (Phi) is 6.36. The molecule has 0 N–H and O–H groups in total. The third-order valence-corrected chi connectivity index (χ3v) is 2.45. The molecule has 1 aromatic carbocycles. The Labute approximate surface area is 121 Å². The van der Waals surface area contributed by atoms with E-state index in [9.17, 15) is 4.79 Å². The zero-order chi connectivity index (χ0) is 15.1. The summed E-state index contributed by atoms with van der Waals surface area (Å²) < 4.78 is 16.6. The minimum Gasteiger partial charge on any atom is -0.491 e. The summed E-state index contributed by atoms with van der Waals surface area (Å²) in [5.74, 6) is 1.23. The minimum absolute atomic E-state index is 0.0462. The van der Waals surface area contributed by atoms with Crippen molar-refractivity contribution in [2.75, 3.05) is 0 Å². The van der Waals surface area contributed by atoms with Crippen molar-refractivity contribution in [3.63, 3.8) is 0 Å². The van der Waals surface area contributed by atoms with E-state index >= 15 is 0 Å². The largest absolute Gasteiger partial charge is 0.491 e. The number of benzene rings is 1. The number of carbonyl (C=O) groups is 1. The van der Waals surface area contributed by atoms with Crippen LogP contribution in [0.1, 0.15) is 46.6 Å². The van der Waals surface area contributed by atoms with Crippen LogP contribution in [0.25, 0.3) is 0 Å². The molecule has 0 saturated heterocycles. The molecule has 0 aliphatic rings. The molecule has 0 aliphatic carbocycles. The Morgan fingerprint density at radius 3 is 2.30 bits per heavy atom. The fourth-order valence-corrected chi connectivity index (χ4v) is 1.62. The highest BCUT2D eigenvalue weighted by atomic mass is 16.5. The van der Waals surface area contributed by atoms with E-state index in [0.29, 0.717) is 12.2 Å². The standard InChI is InChI=1S/C16H24O4/c1-6-16(17)18-10-13-7-8-14(19-11(2)3)9-15(13)20-12(4)5/h7-9,11-12H,6,10H2,1-5H3. The fraction of sp³-hybridized carbons (Fsp3) is 0.562. The highest BCUT2D eigenvalue weighted by Gasteiger charge is 2.10. The number of esters is 1.